The Labute approximate surface area is 74.4 Å². The Bertz CT molecular complexity index is 225. The van der Waals surface area contributed by atoms with Crippen molar-refractivity contribution in [2.45, 2.75) is 39.3 Å². The second-order valence-electron chi connectivity index (χ2n) is 3.44. The van der Waals surface area contributed by atoms with Crippen LogP contribution in [-0.4, -0.2) is 10.6 Å². The van der Waals surface area contributed by atoms with Crippen LogP contribution in [0.15, 0.2) is 18.5 Å². The summed E-state index contributed by atoms with van der Waals surface area (Å²) in [7, 11) is 0. The highest BCUT2D eigenvalue weighted by molar-refractivity contribution is 5.11. The molecule has 2 N–H and O–H groups in total. The minimum Gasteiger partial charge on any atom is -0.354 e. The number of aryl methyl sites for hydroxylation is 1. The first-order valence-electron chi connectivity index (χ1n) is 4.62. The van der Waals surface area contributed by atoms with Gasteiger partial charge in [-0.2, -0.15) is 0 Å². The molecule has 12 heavy (non-hydrogen) atoms. The lowest BCUT2D eigenvalue weighted by Crippen LogP contribution is -2.17. The van der Waals surface area contributed by atoms with E-state index >= 15 is 0 Å². The van der Waals surface area contributed by atoms with Crippen LogP contribution in [0.4, 0.5) is 0 Å². The van der Waals surface area contributed by atoms with Gasteiger partial charge < -0.3 is 10.3 Å². The molecule has 1 rings (SSSR count). The second kappa shape index (κ2) is 4.31. The van der Waals surface area contributed by atoms with Crippen molar-refractivity contribution in [3.05, 3.63) is 24.0 Å². The SMILES string of the molecule is CCCn1ccc(CC(C)N)c1. The molecule has 0 saturated carbocycles. The van der Waals surface area contributed by atoms with Gasteiger partial charge in [-0.1, -0.05) is 6.92 Å². The van der Waals surface area contributed by atoms with E-state index in [1.807, 2.05) is 6.92 Å². The molecule has 1 atom stereocenters. The minimum atomic E-state index is 0.266. The van der Waals surface area contributed by atoms with E-state index in [9.17, 15) is 0 Å². The van der Waals surface area contributed by atoms with Crippen LogP contribution < -0.4 is 5.73 Å². The molecule has 0 spiro atoms. The summed E-state index contributed by atoms with van der Waals surface area (Å²) in [5, 5.41) is 0. The fourth-order valence-electron chi connectivity index (χ4n) is 1.38. The number of aromatic nitrogens is 1. The first kappa shape index (κ1) is 9.33. The van der Waals surface area contributed by atoms with Gasteiger partial charge >= 0.3 is 0 Å². The zero-order valence-corrected chi connectivity index (χ0v) is 7.96. The number of hydrogen-bond donors (Lipinski definition) is 1. The molecular formula is C10H18N2. The molecule has 1 heterocycles. The van der Waals surface area contributed by atoms with E-state index in [1.165, 1.54) is 12.0 Å². The zero-order valence-electron chi connectivity index (χ0n) is 7.96. The number of rotatable bonds is 4. The van der Waals surface area contributed by atoms with Crippen molar-refractivity contribution in [1.82, 2.24) is 4.57 Å². The van der Waals surface area contributed by atoms with E-state index in [1.54, 1.807) is 0 Å². The Morgan fingerprint density at radius 2 is 2.33 bits per heavy atom. The van der Waals surface area contributed by atoms with Crippen molar-refractivity contribution in [3.63, 3.8) is 0 Å². The molecular weight excluding hydrogens is 148 g/mol. The predicted octanol–water partition coefficient (Wildman–Crippen LogP) is 1.79. The lowest BCUT2D eigenvalue weighted by atomic mass is 10.1. The standard InChI is InChI=1S/C10H18N2/c1-3-5-12-6-4-10(8-12)7-9(2)11/h4,6,8-9H,3,5,7,11H2,1-2H3. The van der Waals surface area contributed by atoms with Crippen LogP contribution in [0.1, 0.15) is 25.8 Å². The largest absolute Gasteiger partial charge is 0.354 e. The highest BCUT2D eigenvalue weighted by Gasteiger charge is 1.99. The third kappa shape index (κ3) is 2.70. The Hall–Kier alpha value is -0.760. The first-order valence-corrected chi connectivity index (χ1v) is 4.62. The van der Waals surface area contributed by atoms with E-state index in [-0.39, 0.29) is 6.04 Å². The van der Waals surface area contributed by atoms with Gasteiger partial charge in [-0.15, -0.1) is 0 Å². The van der Waals surface area contributed by atoms with Gasteiger partial charge in [0.15, 0.2) is 0 Å². The summed E-state index contributed by atoms with van der Waals surface area (Å²) in [6, 6.07) is 2.42. The maximum Gasteiger partial charge on any atom is 0.0217 e. The summed E-state index contributed by atoms with van der Waals surface area (Å²) in [6.07, 6.45) is 6.48. The van der Waals surface area contributed by atoms with E-state index in [0.29, 0.717) is 0 Å². The topological polar surface area (TPSA) is 30.9 Å². The van der Waals surface area contributed by atoms with Crippen molar-refractivity contribution in [2.75, 3.05) is 0 Å². The molecule has 0 saturated heterocycles. The van der Waals surface area contributed by atoms with Crippen molar-refractivity contribution in [3.8, 4) is 0 Å². The highest BCUT2D eigenvalue weighted by Crippen LogP contribution is 2.04. The summed E-state index contributed by atoms with van der Waals surface area (Å²) in [5.41, 5.74) is 7.04. The third-order valence-corrected chi connectivity index (χ3v) is 1.85. The molecule has 1 aromatic heterocycles. The Kier molecular flexibility index (Phi) is 3.35. The summed E-state index contributed by atoms with van der Waals surface area (Å²) in [4.78, 5) is 0. The smallest absolute Gasteiger partial charge is 0.0217 e. The Morgan fingerprint density at radius 3 is 2.92 bits per heavy atom. The van der Waals surface area contributed by atoms with E-state index in [2.05, 4.69) is 30.0 Å². The Morgan fingerprint density at radius 1 is 1.58 bits per heavy atom. The van der Waals surface area contributed by atoms with Crippen LogP contribution in [0.5, 0.6) is 0 Å². The van der Waals surface area contributed by atoms with Crippen molar-refractivity contribution in [1.29, 1.82) is 0 Å². The molecule has 0 fully saturated rings. The molecule has 0 aliphatic rings. The van der Waals surface area contributed by atoms with Crippen LogP contribution >= 0.6 is 0 Å². The van der Waals surface area contributed by atoms with Crippen molar-refractivity contribution >= 4 is 0 Å². The number of nitrogens with zero attached hydrogens (tertiary/aromatic N) is 1. The molecule has 2 heteroatoms. The van der Waals surface area contributed by atoms with E-state index in [0.717, 1.165) is 13.0 Å². The van der Waals surface area contributed by atoms with Crippen LogP contribution in [0.2, 0.25) is 0 Å². The summed E-state index contributed by atoms with van der Waals surface area (Å²) >= 11 is 0. The normalized spacial score (nSPS) is 13.2. The van der Waals surface area contributed by atoms with Gasteiger partial charge in [0.05, 0.1) is 0 Å². The van der Waals surface area contributed by atoms with Crippen molar-refractivity contribution < 1.29 is 0 Å². The Balaban J connectivity index is 2.52. The second-order valence-corrected chi connectivity index (χ2v) is 3.44. The molecule has 1 unspecified atom stereocenters. The highest BCUT2D eigenvalue weighted by atomic mass is 14.9. The molecule has 0 aliphatic heterocycles. The summed E-state index contributed by atoms with van der Waals surface area (Å²) in [6.45, 7) is 5.33. The molecule has 0 radical (unpaired) electrons. The molecule has 2 nitrogen and oxygen atoms in total. The fraction of sp³-hybridized carbons (Fsp3) is 0.600. The van der Waals surface area contributed by atoms with Crippen molar-refractivity contribution in [2.24, 2.45) is 5.73 Å². The van der Waals surface area contributed by atoms with Gasteiger partial charge in [0, 0.05) is 25.0 Å². The fourth-order valence-corrected chi connectivity index (χ4v) is 1.38. The number of hydrogen-bond acceptors (Lipinski definition) is 1. The average molecular weight is 166 g/mol. The minimum absolute atomic E-state index is 0.266. The zero-order chi connectivity index (χ0) is 8.97. The predicted molar refractivity (Wildman–Crippen MR) is 52.1 cm³/mol. The lowest BCUT2D eigenvalue weighted by molar-refractivity contribution is 0.676. The van der Waals surface area contributed by atoms with Crippen LogP contribution in [0, 0.1) is 0 Å². The molecule has 68 valence electrons. The van der Waals surface area contributed by atoms with Crippen LogP contribution in [-0.2, 0) is 13.0 Å². The maximum atomic E-state index is 5.70. The molecule has 0 aromatic carbocycles. The van der Waals surface area contributed by atoms with Gasteiger partial charge in [0.1, 0.15) is 0 Å². The van der Waals surface area contributed by atoms with Gasteiger partial charge in [-0.25, -0.2) is 0 Å². The third-order valence-electron chi connectivity index (χ3n) is 1.85. The van der Waals surface area contributed by atoms with E-state index in [4.69, 9.17) is 5.73 Å². The summed E-state index contributed by atoms with van der Waals surface area (Å²) < 4.78 is 2.22. The number of nitrogens with two attached hydrogens (primary N) is 1. The van der Waals surface area contributed by atoms with Gasteiger partial charge in [0.2, 0.25) is 0 Å². The average Bonchev–Trinajstić information content (AvgIpc) is 2.36. The lowest BCUT2D eigenvalue weighted by Gasteiger charge is -2.01. The van der Waals surface area contributed by atoms with Gasteiger partial charge in [0.25, 0.3) is 0 Å². The van der Waals surface area contributed by atoms with Gasteiger partial charge in [-0.05, 0) is 31.4 Å². The quantitative estimate of drug-likeness (QED) is 0.726. The molecule has 1 aromatic rings. The van der Waals surface area contributed by atoms with Crippen LogP contribution in [0.3, 0.4) is 0 Å². The maximum absolute atomic E-state index is 5.70. The van der Waals surface area contributed by atoms with Crippen LogP contribution in [0.25, 0.3) is 0 Å². The first-order chi connectivity index (χ1) is 5.72. The van der Waals surface area contributed by atoms with Gasteiger partial charge in [-0.3, -0.25) is 0 Å². The summed E-state index contributed by atoms with van der Waals surface area (Å²) in [5.74, 6) is 0. The van der Waals surface area contributed by atoms with E-state index < -0.39 is 0 Å². The monoisotopic (exact) mass is 166 g/mol. The molecule has 0 amide bonds. The molecule has 0 bridgehead atoms. The molecule has 0 aliphatic carbocycles.